The Morgan fingerprint density at radius 2 is 1.40 bits per heavy atom. The molecule has 0 aliphatic rings. The number of aromatic amines is 2. The lowest BCUT2D eigenvalue weighted by Gasteiger charge is -2.12. The number of urea groups is 1. The van der Waals surface area contributed by atoms with E-state index in [0.717, 1.165) is 12.1 Å². The van der Waals surface area contributed by atoms with E-state index in [1.165, 1.54) is 65.2 Å². The maximum absolute atomic E-state index is 15.3. The van der Waals surface area contributed by atoms with Crippen LogP contribution >= 0.6 is 34.5 Å². The Hall–Kier alpha value is -7.73. The standard InChI is InChI=1S/C26H14F7N5O2S.C19H13Cl2FN4O2S/c27-15-6-3-13(26(31,32)33)9-16(15)35-25(40)34-14-4-1-11(2-5-14)17-19(28)20(29)18-22(21(17)30)37-38-23(18)36-24(39)12-7-8-41-10-12;20-14-2-1-3-15(16(14)21)29(27,28)26-11-6-4-10(5-7-11)12-8-9-13-18(17(12)22)24-25-19(13)23/h1-10H,(H2,34,35,40)(H2,36,37,38,39);1-9,26H,(H3,23,24,25). The number of anilines is 5. The molecule has 0 atom stereocenters. The number of rotatable bonds is 9. The molecule has 0 radical (unpaired) electrons. The third-order valence-electron chi connectivity index (χ3n) is 10.2. The van der Waals surface area contributed by atoms with E-state index in [2.05, 4.69) is 35.8 Å². The normalized spacial score (nSPS) is 11.6. The SMILES string of the molecule is Nc1n[nH]c2c(F)c(-c3ccc(NS(=O)(=O)c4cccc(Cl)c4Cl)cc3)ccc12.O=C(Nc1ccc(-c2c(F)c(F)c3c(NC(=O)c4ccsc4)n[nH]c3c2F)cc1)Nc1cc(C(F)(F)F)ccc1F. The second-order valence-corrected chi connectivity index (χ2v) is 17.9. The zero-order valence-corrected chi connectivity index (χ0v) is 37.8. The molecule has 6 aromatic carbocycles. The van der Waals surface area contributed by atoms with Gasteiger partial charge in [-0.05, 0) is 83.2 Å². The van der Waals surface area contributed by atoms with E-state index in [0.29, 0.717) is 34.7 Å². The summed E-state index contributed by atoms with van der Waals surface area (Å²) in [5.41, 5.74) is 4.00. The number of sulfonamides is 1. The zero-order valence-electron chi connectivity index (χ0n) is 34.7. The van der Waals surface area contributed by atoms with Gasteiger partial charge in [-0.3, -0.25) is 19.7 Å². The molecule has 358 valence electrons. The van der Waals surface area contributed by atoms with Crippen LogP contribution in [0, 0.1) is 29.1 Å². The summed E-state index contributed by atoms with van der Waals surface area (Å²) < 4.78 is 140. The second kappa shape index (κ2) is 19.3. The molecule has 13 nitrogen and oxygen atoms in total. The van der Waals surface area contributed by atoms with Gasteiger partial charge in [-0.25, -0.2) is 35.2 Å². The third-order valence-corrected chi connectivity index (χ3v) is 13.2. The number of fused-ring (bicyclic) bond motifs is 2. The Morgan fingerprint density at radius 3 is 2.09 bits per heavy atom. The van der Waals surface area contributed by atoms with Gasteiger partial charge >= 0.3 is 12.2 Å². The number of nitrogens with two attached hydrogens (primary N) is 1. The third kappa shape index (κ3) is 9.90. The first-order chi connectivity index (χ1) is 33.2. The highest BCUT2D eigenvalue weighted by Crippen LogP contribution is 2.38. The number of aromatic nitrogens is 4. The maximum atomic E-state index is 15.3. The minimum atomic E-state index is -4.76. The van der Waals surface area contributed by atoms with Crippen molar-refractivity contribution in [2.45, 2.75) is 11.1 Å². The lowest BCUT2D eigenvalue weighted by atomic mass is 10.0. The molecule has 8 N–H and O–H groups in total. The number of hydrogen-bond acceptors (Lipinski definition) is 8. The summed E-state index contributed by atoms with van der Waals surface area (Å²) in [7, 11) is -3.95. The van der Waals surface area contributed by atoms with Gasteiger partial charge in [0.15, 0.2) is 34.9 Å². The first kappa shape index (κ1) is 48.7. The van der Waals surface area contributed by atoms with Crippen LogP contribution in [0.15, 0.2) is 119 Å². The topological polar surface area (TPSA) is 200 Å². The first-order valence-electron chi connectivity index (χ1n) is 19.6. The average molecular weight is 1040 g/mol. The fraction of sp³-hybridized carbons (Fsp3) is 0.0222. The molecule has 70 heavy (non-hydrogen) atoms. The highest BCUT2D eigenvalue weighted by atomic mass is 35.5. The van der Waals surface area contributed by atoms with Crippen LogP contribution in [-0.4, -0.2) is 40.8 Å². The summed E-state index contributed by atoms with van der Waals surface area (Å²) in [6, 6.07) is 20.4. The minimum Gasteiger partial charge on any atom is -0.382 e. The van der Waals surface area contributed by atoms with E-state index < -0.39 is 90.8 Å². The van der Waals surface area contributed by atoms with Crippen LogP contribution in [0.4, 0.5) is 68.6 Å². The van der Waals surface area contributed by atoms with Crippen molar-refractivity contribution < 1.29 is 53.1 Å². The molecule has 0 fully saturated rings. The number of carbonyl (C=O) groups is 2. The molecule has 0 unspecified atom stereocenters. The molecule has 3 aromatic heterocycles. The Balaban J connectivity index is 0.000000200. The highest BCUT2D eigenvalue weighted by Gasteiger charge is 2.32. The van der Waals surface area contributed by atoms with Gasteiger partial charge in [-0.15, -0.1) is 0 Å². The van der Waals surface area contributed by atoms with Crippen LogP contribution in [0.1, 0.15) is 15.9 Å². The van der Waals surface area contributed by atoms with Crippen LogP contribution in [0.3, 0.4) is 0 Å². The molecule has 3 amide bonds. The van der Waals surface area contributed by atoms with Crippen molar-refractivity contribution in [2.24, 2.45) is 0 Å². The van der Waals surface area contributed by atoms with Crippen molar-refractivity contribution in [3.63, 3.8) is 0 Å². The number of nitrogens with zero attached hydrogens (tertiary/aromatic N) is 2. The quantitative estimate of drug-likeness (QED) is 0.0551. The largest absolute Gasteiger partial charge is 0.416 e. The van der Waals surface area contributed by atoms with Gasteiger partial charge < -0.3 is 21.7 Å². The fourth-order valence-electron chi connectivity index (χ4n) is 6.79. The van der Waals surface area contributed by atoms with Gasteiger partial charge in [-0.2, -0.15) is 34.7 Å². The molecular formula is C45H27Cl2F8N9O4S2. The molecular weight excluding hydrogens is 1020 g/mol. The van der Waals surface area contributed by atoms with E-state index >= 15 is 13.2 Å². The van der Waals surface area contributed by atoms with Gasteiger partial charge in [0.05, 0.1) is 37.8 Å². The summed E-state index contributed by atoms with van der Waals surface area (Å²) in [5.74, 6) is -6.72. The minimum absolute atomic E-state index is 0.0148. The molecule has 0 aliphatic carbocycles. The lowest BCUT2D eigenvalue weighted by molar-refractivity contribution is -0.137. The van der Waals surface area contributed by atoms with Gasteiger partial charge in [0, 0.05) is 27.7 Å². The van der Waals surface area contributed by atoms with Crippen molar-refractivity contribution in [1.29, 1.82) is 0 Å². The van der Waals surface area contributed by atoms with E-state index in [1.54, 1.807) is 29.6 Å². The average Bonchev–Trinajstić information content (AvgIpc) is 4.10. The number of halogens is 10. The molecule has 25 heteroatoms. The second-order valence-electron chi connectivity index (χ2n) is 14.6. The van der Waals surface area contributed by atoms with E-state index in [9.17, 15) is 40.0 Å². The molecule has 0 saturated heterocycles. The van der Waals surface area contributed by atoms with Crippen molar-refractivity contribution in [2.75, 3.05) is 26.4 Å². The van der Waals surface area contributed by atoms with E-state index in [4.69, 9.17) is 28.9 Å². The predicted molar refractivity (Wildman–Crippen MR) is 251 cm³/mol. The van der Waals surface area contributed by atoms with Crippen molar-refractivity contribution in [1.82, 2.24) is 20.4 Å². The summed E-state index contributed by atoms with van der Waals surface area (Å²) >= 11 is 13.1. The van der Waals surface area contributed by atoms with Gasteiger partial charge in [0.2, 0.25) is 0 Å². The predicted octanol–water partition coefficient (Wildman–Crippen LogP) is 12.8. The van der Waals surface area contributed by atoms with Crippen LogP contribution in [0.2, 0.25) is 10.0 Å². The van der Waals surface area contributed by atoms with Crippen LogP contribution in [0.5, 0.6) is 0 Å². The number of carbonyl (C=O) groups excluding carboxylic acids is 2. The summed E-state index contributed by atoms with van der Waals surface area (Å²) in [4.78, 5) is 24.4. The molecule has 0 saturated carbocycles. The van der Waals surface area contributed by atoms with Crippen LogP contribution in [-0.2, 0) is 16.2 Å². The first-order valence-corrected chi connectivity index (χ1v) is 22.8. The molecule has 9 rings (SSSR count). The number of benzene rings is 6. The Morgan fingerprint density at radius 1 is 0.714 bits per heavy atom. The Kier molecular flexibility index (Phi) is 13.5. The van der Waals surface area contributed by atoms with Gasteiger partial charge in [0.25, 0.3) is 15.9 Å². The summed E-state index contributed by atoms with van der Waals surface area (Å²) in [6.45, 7) is 0. The zero-order chi connectivity index (χ0) is 50.2. The number of thiophene rings is 1. The Bertz CT molecular complexity index is 3600. The van der Waals surface area contributed by atoms with Crippen molar-refractivity contribution >= 4 is 107 Å². The number of alkyl halides is 3. The fourth-order valence-corrected chi connectivity index (χ4v) is 9.25. The molecule has 0 aliphatic heterocycles. The molecule has 0 bridgehead atoms. The van der Waals surface area contributed by atoms with Crippen LogP contribution in [0.25, 0.3) is 44.1 Å². The van der Waals surface area contributed by atoms with Gasteiger partial charge in [-0.1, -0.05) is 59.6 Å². The molecule has 3 heterocycles. The number of H-pyrrole nitrogens is 2. The molecule has 9 aromatic rings. The monoisotopic (exact) mass is 1040 g/mol. The Labute approximate surface area is 402 Å². The van der Waals surface area contributed by atoms with Crippen LogP contribution < -0.4 is 26.4 Å². The maximum Gasteiger partial charge on any atom is 0.416 e. The smallest absolute Gasteiger partial charge is 0.382 e. The number of nitrogen functional groups attached to an aromatic ring is 1. The number of hydrogen-bond donors (Lipinski definition) is 7. The summed E-state index contributed by atoms with van der Waals surface area (Å²) in [5, 5.41) is 21.9. The van der Waals surface area contributed by atoms with Gasteiger partial charge in [0.1, 0.15) is 21.7 Å². The summed E-state index contributed by atoms with van der Waals surface area (Å²) in [6.07, 6.45) is -4.76. The van der Waals surface area contributed by atoms with E-state index in [1.807, 2.05) is 5.32 Å². The van der Waals surface area contributed by atoms with Crippen molar-refractivity contribution in [3.8, 4) is 22.3 Å². The molecule has 0 spiro atoms. The van der Waals surface area contributed by atoms with E-state index in [-0.39, 0.29) is 48.8 Å². The lowest BCUT2D eigenvalue weighted by Crippen LogP contribution is -2.20. The number of nitrogens with one attached hydrogen (secondary N) is 6. The van der Waals surface area contributed by atoms with Crippen molar-refractivity contribution in [3.05, 3.63) is 164 Å². The number of amides is 3. The highest BCUT2D eigenvalue weighted by molar-refractivity contribution is 7.92.